The lowest BCUT2D eigenvalue weighted by Crippen LogP contribution is -2.31. The molecule has 3 heterocycles. The van der Waals surface area contributed by atoms with E-state index in [-0.39, 0.29) is 12.6 Å². The Bertz CT molecular complexity index is 479. The molecule has 6 nitrogen and oxygen atoms in total. The largest absolute Gasteiger partial charge is 0.318 e. The summed E-state index contributed by atoms with van der Waals surface area (Å²) in [5.74, 6) is 0.716. The molecule has 16 heavy (non-hydrogen) atoms. The van der Waals surface area contributed by atoms with Crippen molar-refractivity contribution in [3.63, 3.8) is 0 Å². The van der Waals surface area contributed by atoms with Crippen LogP contribution in [0.25, 0.3) is 5.82 Å². The fourth-order valence-electron chi connectivity index (χ4n) is 1.51. The van der Waals surface area contributed by atoms with Gasteiger partial charge in [0.15, 0.2) is 12.1 Å². The predicted molar refractivity (Wildman–Crippen MR) is 53.5 cm³/mol. The fourth-order valence-corrected chi connectivity index (χ4v) is 1.51. The van der Waals surface area contributed by atoms with Gasteiger partial charge in [0.2, 0.25) is 6.29 Å². The lowest BCUT2D eigenvalue weighted by atomic mass is 10.4. The molecule has 1 aliphatic rings. The number of aromatic nitrogens is 4. The third kappa shape index (κ3) is 1.58. The van der Waals surface area contributed by atoms with Crippen LogP contribution in [0, 0.1) is 0 Å². The second kappa shape index (κ2) is 3.66. The Morgan fingerprint density at radius 1 is 1.31 bits per heavy atom. The molecule has 1 fully saturated rings. The molecule has 2 aromatic rings. The Hall–Kier alpha value is -1.79. The highest BCUT2D eigenvalue weighted by Crippen LogP contribution is 2.30. The maximum Gasteiger partial charge on any atom is 0.208 e. The second-order valence-corrected chi connectivity index (χ2v) is 3.42. The molecule has 2 aromatic heterocycles. The molecule has 0 unspecified atom stereocenters. The van der Waals surface area contributed by atoms with Gasteiger partial charge in [-0.1, -0.05) is 0 Å². The number of nitrogens with zero attached hydrogens (tertiary/aromatic N) is 4. The predicted octanol–water partition coefficient (Wildman–Crippen LogP) is 1.05. The van der Waals surface area contributed by atoms with Crippen LogP contribution in [-0.4, -0.2) is 26.0 Å². The molecule has 0 N–H and O–H groups in total. The highest BCUT2D eigenvalue weighted by Gasteiger charge is 2.30. The first kappa shape index (κ1) is 9.44. The smallest absolute Gasteiger partial charge is 0.208 e. The first-order chi connectivity index (χ1) is 7.83. The summed E-state index contributed by atoms with van der Waals surface area (Å²) in [5, 5.41) is 4.31. The lowest BCUT2D eigenvalue weighted by molar-refractivity contribution is -0.384. The van der Waals surface area contributed by atoms with Gasteiger partial charge in [0.05, 0.1) is 0 Å². The molecule has 1 aliphatic heterocycles. The van der Waals surface area contributed by atoms with E-state index >= 15 is 0 Å². The molecule has 82 valence electrons. The van der Waals surface area contributed by atoms with Crippen LogP contribution in [0.5, 0.6) is 0 Å². The van der Waals surface area contributed by atoms with Gasteiger partial charge >= 0.3 is 0 Å². The van der Waals surface area contributed by atoms with Gasteiger partial charge in [-0.2, -0.15) is 5.10 Å². The molecule has 0 bridgehead atoms. The monoisotopic (exact) mass is 218 g/mol. The third-order valence-corrected chi connectivity index (χ3v) is 2.28. The first-order valence-corrected chi connectivity index (χ1v) is 4.96. The third-order valence-electron chi connectivity index (χ3n) is 2.28. The Morgan fingerprint density at radius 3 is 2.88 bits per heavy atom. The van der Waals surface area contributed by atoms with Crippen LogP contribution < -0.4 is 0 Å². The Labute approximate surface area is 91.9 Å². The molecule has 0 spiro atoms. The molecule has 1 saturated heterocycles. The number of hydrogen-bond donors (Lipinski definition) is 0. The van der Waals surface area contributed by atoms with E-state index in [1.807, 2.05) is 19.2 Å². The van der Waals surface area contributed by atoms with Crippen molar-refractivity contribution in [3.8, 4) is 5.82 Å². The standard InChI is InChI=1S/C10H10N4O2/c1-7-15-10(16-7)8-3-5-14(13-8)9-2-4-11-6-12-9/h2-7,10H,1H3. The average molecular weight is 218 g/mol. The summed E-state index contributed by atoms with van der Waals surface area (Å²) in [6.45, 7) is 1.85. The van der Waals surface area contributed by atoms with Gasteiger partial charge in [-0.3, -0.25) is 0 Å². The SMILES string of the molecule is CC1OC(c2ccn(-c3ccncn3)n2)O1. The van der Waals surface area contributed by atoms with E-state index in [9.17, 15) is 0 Å². The van der Waals surface area contributed by atoms with Crippen molar-refractivity contribution < 1.29 is 9.47 Å². The maximum absolute atomic E-state index is 5.34. The van der Waals surface area contributed by atoms with Crippen molar-refractivity contribution in [1.82, 2.24) is 19.7 Å². The van der Waals surface area contributed by atoms with E-state index in [4.69, 9.17) is 9.47 Å². The quantitative estimate of drug-likeness (QED) is 0.754. The second-order valence-electron chi connectivity index (χ2n) is 3.42. The van der Waals surface area contributed by atoms with Gasteiger partial charge in [0.25, 0.3) is 0 Å². The minimum Gasteiger partial charge on any atom is -0.318 e. The van der Waals surface area contributed by atoms with E-state index in [1.165, 1.54) is 6.33 Å². The van der Waals surface area contributed by atoms with Gasteiger partial charge in [0.1, 0.15) is 12.0 Å². The highest BCUT2D eigenvalue weighted by molar-refractivity contribution is 5.19. The van der Waals surface area contributed by atoms with E-state index < -0.39 is 0 Å². The molecule has 6 heteroatoms. The van der Waals surface area contributed by atoms with Crippen molar-refractivity contribution in [1.29, 1.82) is 0 Å². The summed E-state index contributed by atoms with van der Waals surface area (Å²) in [7, 11) is 0. The van der Waals surface area contributed by atoms with Crippen molar-refractivity contribution in [3.05, 3.63) is 36.5 Å². The molecule has 0 amide bonds. The van der Waals surface area contributed by atoms with Gasteiger partial charge in [0, 0.05) is 18.5 Å². The van der Waals surface area contributed by atoms with Crippen molar-refractivity contribution in [2.24, 2.45) is 0 Å². The normalized spacial score (nSPS) is 24.1. The van der Waals surface area contributed by atoms with Gasteiger partial charge < -0.3 is 9.47 Å². The van der Waals surface area contributed by atoms with Crippen molar-refractivity contribution in [2.45, 2.75) is 19.5 Å². The lowest BCUT2D eigenvalue weighted by Gasteiger charge is -2.32. The van der Waals surface area contributed by atoms with E-state index in [1.54, 1.807) is 16.9 Å². The highest BCUT2D eigenvalue weighted by atomic mass is 16.9. The van der Waals surface area contributed by atoms with Gasteiger partial charge in [-0.15, -0.1) is 0 Å². The summed E-state index contributed by atoms with van der Waals surface area (Å²) in [4.78, 5) is 7.94. The number of rotatable bonds is 2. The van der Waals surface area contributed by atoms with Crippen LogP contribution in [0.4, 0.5) is 0 Å². The molecule has 0 aliphatic carbocycles. The minimum absolute atomic E-state index is 0.144. The summed E-state index contributed by atoms with van der Waals surface area (Å²) < 4.78 is 12.3. The van der Waals surface area contributed by atoms with Gasteiger partial charge in [-0.05, 0) is 13.0 Å². The maximum atomic E-state index is 5.34. The van der Waals surface area contributed by atoms with Crippen LogP contribution in [0.2, 0.25) is 0 Å². The van der Waals surface area contributed by atoms with Crippen molar-refractivity contribution in [2.75, 3.05) is 0 Å². The van der Waals surface area contributed by atoms with Crippen LogP contribution in [0.1, 0.15) is 18.9 Å². The molecular formula is C10H10N4O2. The molecular weight excluding hydrogens is 208 g/mol. The van der Waals surface area contributed by atoms with E-state index in [2.05, 4.69) is 15.1 Å². The summed E-state index contributed by atoms with van der Waals surface area (Å²) in [5.41, 5.74) is 0.747. The zero-order valence-electron chi connectivity index (χ0n) is 8.65. The zero-order chi connectivity index (χ0) is 11.0. The van der Waals surface area contributed by atoms with Crippen LogP contribution >= 0.6 is 0 Å². The molecule has 0 atom stereocenters. The molecule has 0 saturated carbocycles. The minimum atomic E-state index is -0.349. The Balaban J connectivity index is 1.83. The summed E-state index contributed by atoms with van der Waals surface area (Å²) >= 11 is 0. The fraction of sp³-hybridized carbons (Fsp3) is 0.300. The number of ether oxygens (including phenoxy) is 2. The zero-order valence-corrected chi connectivity index (χ0v) is 8.65. The Morgan fingerprint density at radius 2 is 2.19 bits per heavy atom. The van der Waals surface area contributed by atoms with Crippen LogP contribution in [-0.2, 0) is 9.47 Å². The number of hydrogen-bond acceptors (Lipinski definition) is 5. The average Bonchev–Trinajstić information content (AvgIpc) is 2.75. The molecule has 3 rings (SSSR count). The van der Waals surface area contributed by atoms with E-state index in [0.717, 1.165) is 5.69 Å². The van der Waals surface area contributed by atoms with Crippen LogP contribution in [0.3, 0.4) is 0 Å². The van der Waals surface area contributed by atoms with Gasteiger partial charge in [-0.25, -0.2) is 14.6 Å². The van der Waals surface area contributed by atoms with Crippen molar-refractivity contribution >= 4 is 0 Å². The Kier molecular flexibility index (Phi) is 2.16. The summed E-state index contributed by atoms with van der Waals surface area (Å²) in [6.07, 6.45) is 4.47. The first-order valence-electron chi connectivity index (χ1n) is 4.96. The topological polar surface area (TPSA) is 62.1 Å². The van der Waals surface area contributed by atoms with E-state index in [0.29, 0.717) is 5.82 Å². The van der Waals surface area contributed by atoms with Crippen LogP contribution in [0.15, 0.2) is 30.9 Å². The molecule has 0 radical (unpaired) electrons. The molecule has 0 aromatic carbocycles. The summed E-state index contributed by atoms with van der Waals surface area (Å²) in [6, 6.07) is 3.63.